The van der Waals surface area contributed by atoms with E-state index in [1.807, 2.05) is 0 Å². The van der Waals surface area contributed by atoms with Crippen molar-refractivity contribution in [2.75, 3.05) is 13.2 Å². The number of carbonyl (C=O) groups is 3. The third-order valence-electron chi connectivity index (χ3n) is 12.6. The van der Waals surface area contributed by atoms with Gasteiger partial charge in [0.1, 0.15) is 13.2 Å². The number of allylic oxidation sites excluding steroid dienone is 16. The van der Waals surface area contributed by atoms with Crippen molar-refractivity contribution in [1.29, 1.82) is 0 Å². The van der Waals surface area contributed by atoms with Gasteiger partial charge in [-0.1, -0.05) is 253 Å². The van der Waals surface area contributed by atoms with Crippen molar-refractivity contribution < 1.29 is 28.6 Å². The molecular formula is C65H110O6. The lowest BCUT2D eigenvalue weighted by atomic mass is 10.1. The molecule has 0 aliphatic carbocycles. The van der Waals surface area contributed by atoms with Gasteiger partial charge in [0, 0.05) is 19.3 Å². The van der Waals surface area contributed by atoms with Gasteiger partial charge in [-0.25, -0.2) is 0 Å². The van der Waals surface area contributed by atoms with Crippen LogP contribution in [0.1, 0.15) is 278 Å². The maximum Gasteiger partial charge on any atom is 0.306 e. The third-order valence-corrected chi connectivity index (χ3v) is 12.6. The van der Waals surface area contributed by atoms with E-state index in [9.17, 15) is 14.4 Å². The molecular weight excluding hydrogens is 877 g/mol. The topological polar surface area (TPSA) is 78.9 Å². The minimum atomic E-state index is -0.784. The Morgan fingerprint density at radius 2 is 0.549 bits per heavy atom. The first-order valence-electron chi connectivity index (χ1n) is 29.7. The number of esters is 3. The molecule has 406 valence electrons. The van der Waals surface area contributed by atoms with Gasteiger partial charge < -0.3 is 14.2 Å². The molecule has 0 aromatic heterocycles. The molecule has 0 saturated carbocycles. The molecule has 0 bridgehead atoms. The summed E-state index contributed by atoms with van der Waals surface area (Å²) in [5.74, 6) is -0.899. The maximum absolute atomic E-state index is 12.8. The summed E-state index contributed by atoms with van der Waals surface area (Å²) in [6, 6.07) is 0. The highest BCUT2D eigenvalue weighted by molar-refractivity contribution is 5.71. The van der Waals surface area contributed by atoms with E-state index in [1.54, 1.807) is 0 Å². The molecule has 6 heteroatoms. The first kappa shape index (κ1) is 67.3. The molecule has 0 radical (unpaired) electrons. The lowest BCUT2D eigenvalue weighted by Gasteiger charge is -2.18. The summed E-state index contributed by atoms with van der Waals surface area (Å²) in [6.07, 6.45) is 78.3. The Hall–Kier alpha value is -3.67. The first-order chi connectivity index (χ1) is 35.0. The molecule has 0 spiro atoms. The van der Waals surface area contributed by atoms with Crippen LogP contribution in [0.15, 0.2) is 97.2 Å². The molecule has 0 N–H and O–H groups in total. The van der Waals surface area contributed by atoms with E-state index in [0.717, 1.165) is 122 Å². The van der Waals surface area contributed by atoms with Crippen LogP contribution in [0, 0.1) is 0 Å². The fourth-order valence-electron chi connectivity index (χ4n) is 8.12. The lowest BCUT2D eigenvalue weighted by molar-refractivity contribution is -0.167. The van der Waals surface area contributed by atoms with Gasteiger partial charge >= 0.3 is 17.9 Å². The maximum atomic E-state index is 12.8. The van der Waals surface area contributed by atoms with Crippen molar-refractivity contribution in [3.8, 4) is 0 Å². The van der Waals surface area contributed by atoms with E-state index in [1.165, 1.54) is 116 Å². The Labute approximate surface area is 438 Å². The summed E-state index contributed by atoms with van der Waals surface area (Å²) in [5.41, 5.74) is 0. The summed E-state index contributed by atoms with van der Waals surface area (Å²) < 4.78 is 16.8. The van der Waals surface area contributed by atoms with E-state index in [-0.39, 0.29) is 31.1 Å². The Morgan fingerprint density at radius 3 is 0.887 bits per heavy atom. The highest BCUT2D eigenvalue weighted by Gasteiger charge is 2.19. The van der Waals surface area contributed by atoms with Crippen LogP contribution in [-0.4, -0.2) is 37.2 Å². The molecule has 0 fully saturated rings. The van der Waals surface area contributed by atoms with Crippen molar-refractivity contribution in [1.82, 2.24) is 0 Å². The van der Waals surface area contributed by atoms with Crippen LogP contribution in [-0.2, 0) is 28.6 Å². The molecule has 0 aromatic rings. The SMILES string of the molecule is CC/C=C\C/C=C\C/C=C\C/C=C\C/C=C\C/C=C\C/C=C\CCCCCCCCCC(=O)OCC(COC(=O)CCCCCCCCCCCCC)OC(=O)CCCCCCC/C=C\CCCCCC. The third kappa shape index (κ3) is 57.1. The van der Waals surface area contributed by atoms with E-state index in [2.05, 4.69) is 118 Å². The summed E-state index contributed by atoms with van der Waals surface area (Å²) in [4.78, 5) is 38.1. The monoisotopic (exact) mass is 987 g/mol. The van der Waals surface area contributed by atoms with Crippen LogP contribution >= 0.6 is 0 Å². The van der Waals surface area contributed by atoms with Crippen molar-refractivity contribution in [3.63, 3.8) is 0 Å². The molecule has 1 unspecified atom stereocenters. The predicted octanol–water partition coefficient (Wildman–Crippen LogP) is 20.1. The van der Waals surface area contributed by atoms with E-state index in [0.29, 0.717) is 19.3 Å². The average molecular weight is 988 g/mol. The Bertz CT molecular complexity index is 1410. The second kappa shape index (κ2) is 58.9. The Kier molecular flexibility index (Phi) is 55.9. The number of hydrogen-bond donors (Lipinski definition) is 0. The zero-order valence-electron chi connectivity index (χ0n) is 46.5. The summed E-state index contributed by atoms with van der Waals surface area (Å²) in [5, 5.41) is 0. The van der Waals surface area contributed by atoms with Gasteiger partial charge in [0.15, 0.2) is 6.10 Å². The molecule has 0 aliphatic rings. The number of hydrogen-bond acceptors (Lipinski definition) is 6. The number of unbranched alkanes of at least 4 members (excludes halogenated alkanes) is 26. The predicted molar refractivity (Wildman–Crippen MR) is 307 cm³/mol. The van der Waals surface area contributed by atoms with Crippen LogP contribution < -0.4 is 0 Å². The number of carbonyl (C=O) groups excluding carboxylic acids is 3. The molecule has 1 atom stereocenters. The summed E-state index contributed by atoms with van der Waals surface area (Å²) >= 11 is 0. The quantitative estimate of drug-likeness (QED) is 0.0261. The minimum Gasteiger partial charge on any atom is -0.462 e. The normalized spacial score (nSPS) is 12.8. The second-order valence-corrected chi connectivity index (χ2v) is 19.5. The van der Waals surface area contributed by atoms with E-state index >= 15 is 0 Å². The Morgan fingerprint density at radius 1 is 0.296 bits per heavy atom. The van der Waals surface area contributed by atoms with Crippen LogP contribution in [0.3, 0.4) is 0 Å². The van der Waals surface area contributed by atoms with Gasteiger partial charge in [-0.05, 0) is 103 Å². The van der Waals surface area contributed by atoms with Gasteiger partial charge in [-0.2, -0.15) is 0 Å². The van der Waals surface area contributed by atoms with E-state index < -0.39 is 6.10 Å². The zero-order chi connectivity index (χ0) is 51.4. The average Bonchev–Trinajstić information content (AvgIpc) is 3.37. The van der Waals surface area contributed by atoms with Gasteiger partial charge in [0.2, 0.25) is 0 Å². The first-order valence-corrected chi connectivity index (χ1v) is 29.7. The molecule has 6 nitrogen and oxygen atoms in total. The molecule has 0 heterocycles. The van der Waals surface area contributed by atoms with Gasteiger partial charge in [0.25, 0.3) is 0 Å². The molecule has 0 aliphatic heterocycles. The summed E-state index contributed by atoms with van der Waals surface area (Å²) in [6.45, 7) is 6.49. The largest absolute Gasteiger partial charge is 0.462 e. The molecule has 71 heavy (non-hydrogen) atoms. The van der Waals surface area contributed by atoms with Crippen molar-refractivity contribution in [2.45, 2.75) is 284 Å². The van der Waals surface area contributed by atoms with Crippen molar-refractivity contribution in [2.24, 2.45) is 0 Å². The summed E-state index contributed by atoms with van der Waals surface area (Å²) in [7, 11) is 0. The molecule has 0 saturated heterocycles. The highest BCUT2D eigenvalue weighted by Crippen LogP contribution is 2.15. The highest BCUT2D eigenvalue weighted by atomic mass is 16.6. The number of rotatable bonds is 53. The standard InChI is InChI=1S/C65H110O6/c1-4-7-10-13-16-19-22-24-25-26-27-28-29-30-31-32-33-34-35-36-37-38-39-41-43-46-49-52-55-58-64(67)70-61-62(60-69-63(66)57-54-51-48-45-42-21-18-15-12-9-6-3)71-65(68)59-56-53-50-47-44-40-23-20-17-14-11-8-5-2/h7,10,16,19-20,23-25,27-28,30-31,33-34,36-37,62H,4-6,8-9,11-15,17-18,21-22,26,29,32,35,38-61H2,1-3H3/b10-7-,19-16-,23-20-,25-24-,28-27-,31-30-,34-33-,37-36-. The van der Waals surface area contributed by atoms with Gasteiger partial charge in [-0.15, -0.1) is 0 Å². The van der Waals surface area contributed by atoms with Crippen molar-refractivity contribution >= 4 is 17.9 Å². The molecule has 0 aromatic carbocycles. The smallest absolute Gasteiger partial charge is 0.306 e. The Balaban J connectivity index is 4.26. The van der Waals surface area contributed by atoms with E-state index in [4.69, 9.17) is 14.2 Å². The van der Waals surface area contributed by atoms with Crippen LogP contribution in [0.4, 0.5) is 0 Å². The zero-order valence-corrected chi connectivity index (χ0v) is 46.5. The fourth-order valence-corrected chi connectivity index (χ4v) is 8.12. The van der Waals surface area contributed by atoms with Gasteiger partial charge in [0.05, 0.1) is 0 Å². The molecule has 0 rings (SSSR count). The fraction of sp³-hybridized carbons (Fsp3) is 0.708. The number of ether oxygens (including phenoxy) is 3. The van der Waals surface area contributed by atoms with Gasteiger partial charge in [-0.3, -0.25) is 14.4 Å². The van der Waals surface area contributed by atoms with Crippen molar-refractivity contribution in [3.05, 3.63) is 97.2 Å². The van der Waals surface area contributed by atoms with Crippen LogP contribution in [0.25, 0.3) is 0 Å². The minimum absolute atomic E-state index is 0.0821. The van der Waals surface area contributed by atoms with Crippen LogP contribution in [0.2, 0.25) is 0 Å². The lowest BCUT2D eigenvalue weighted by Crippen LogP contribution is -2.30. The second-order valence-electron chi connectivity index (χ2n) is 19.5. The molecule has 0 amide bonds. The van der Waals surface area contributed by atoms with Crippen LogP contribution in [0.5, 0.6) is 0 Å².